The minimum Gasteiger partial charge on any atom is -1.00 e. The first-order chi connectivity index (χ1) is 54.8. The molecule has 2 amide bonds. The molecule has 122 heavy (non-hydrogen) atoms. The van der Waals surface area contributed by atoms with Gasteiger partial charge < -0.3 is 112 Å². The van der Waals surface area contributed by atoms with Crippen LogP contribution in [0.4, 0.5) is 35.9 Å². The van der Waals surface area contributed by atoms with E-state index in [0.717, 1.165) is 16.6 Å². The molecule has 0 unspecified atom stereocenters. The number of methoxy groups -OCH3 is 2. The number of nitrogens with two attached hydrogens (primary N) is 2. The number of aromatic carboxylic acids is 1. The smallest absolute Gasteiger partial charge is 1.00 e. The zero-order valence-electron chi connectivity index (χ0n) is 70.2. The first-order valence-corrected chi connectivity index (χ1v) is 36.1. The Hall–Kier alpha value is -7.62. The Morgan fingerprint density at radius 1 is 0.582 bits per heavy atom. The van der Waals surface area contributed by atoms with Crippen molar-refractivity contribution in [3.05, 3.63) is 175 Å². The van der Waals surface area contributed by atoms with Crippen LogP contribution in [0.25, 0.3) is 22.4 Å². The summed E-state index contributed by atoms with van der Waals surface area (Å²) >= 11 is 28.1. The Morgan fingerprint density at radius 3 is 1.29 bits per heavy atom. The molecule has 9 aromatic rings. The van der Waals surface area contributed by atoms with Crippen molar-refractivity contribution < 1.29 is 156 Å². The van der Waals surface area contributed by atoms with Crippen molar-refractivity contribution in [3.8, 4) is 23.5 Å². The second-order valence-electron chi connectivity index (χ2n) is 26.5. The summed E-state index contributed by atoms with van der Waals surface area (Å²) in [5, 5.41) is 80.5. The normalized spacial score (nSPS) is 12.3. The second-order valence-corrected chi connectivity index (χ2v) is 28.5. The van der Waals surface area contributed by atoms with Gasteiger partial charge in [-0.2, -0.15) is 20.7 Å². The number of carboxylic acids is 1. The Labute approximate surface area is 793 Å². The number of esters is 2. The number of hydrogen-bond donors (Lipinski definition) is 12. The summed E-state index contributed by atoms with van der Waals surface area (Å²) < 4.78 is 69.4. The molecule has 0 aromatic carbocycles. The predicted molar refractivity (Wildman–Crippen MR) is 459 cm³/mol. The number of pyridine rings is 5. The van der Waals surface area contributed by atoms with E-state index in [1.54, 1.807) is 67.7 Å². The SMILES string of the molecule is C.CC(C)(O)[C@H](F)CN.CC1(C)OB(c2ccc3cc(C#N)cnn23)OC1(C)C.CN.CNc1cc(-c2ccc3cc(C#N)cnn23)ncc1C(=O)NC[C@@H](F)C(C)(C)O.CNc1cc(Cl)ncc1C(=O)NC[C@@H](F)C(C)(C)O.CNc1cc(Cl)ncc1C(=O)O.CNc1cc(Cl)ncc1C(=O)OC.COC(=O)c1cnc(Cl)cc1Cl.Cl.[2H][B].[I-].[Li+].[OH-].[U]. The number of carbonyl (C=O) groups is 5. The zero-order valence-corrected chi connectivity index (χ0v) is 80.1. The predicted octanol–water partition coefficient (Wildman–Crippen LogP) is 4.35. The first-order valence-electron chi connectivity index (χ1n) is 34.8. The van der Waals surface area contributed by atoms with Crippen LogP contribution < -0.4 is 91.8 Å². The van der Waals surface area contributed by atoms with E-state index in [1.807, 2.05) is 58.0 Å². The molecule has 1 saturated heterocycles. The molecule has 10 rings (SSSR count). The van der Waals surface area contributed by atoms with Crippen molar-refractivity contribution in [3.63, 3.8) is 0 Å². The summed E-state index contributed by atoms with van der Waals surface area (Å²) in [6.45, 7) is 15.5. The number of halogens is 10. The number of aromatic nitrogens is 9. The van der Waals surface area contributed by atoms with Crippen LogP contribution in [0.1, 0.15) is 140 Å². The van der Waals surface area contributed by atoms with Crippen LogP contribution in [0.2, 0.25) is 25.6 Å². The molecule has 10 heterocycles. The van der Waals surface area contributed by atoms with Crippen molar-refractivity contribution in [1.82, 2.24) is 54.8 Å². The van der Waals surface area contributed by atoms with Crippen molar-refractivity contribution in [2.45, 2.75) is 123 Å². The van der Waals surface area contributed by atoms with Gasteiger partial charge in [0, 0.05) is 105 Å². The molecule has 1 fully saturated rings. The molecule has 1 aliphatic rings. The van der Waals surface area contributed by atoms with E-state index < -0.39 is 72.2 Å². The van der Waals surface area contributed by atoms with Gasteiger partial charge in [-0.1, -0.05) is 65.4 Å². The third-order valence-electron chi connectivity index (χ3n) is 16.4. The largest absolute Gasteiger partial charge is 1.00 e. The molecule has 0 spiro atoms. The van der Waals surface area contributed by atoms with Gasteiger partial charge in [-0.3, -0.25) is 14.6 Å². The standard InChI is InChI=1S/C20H21FN6O2.C14H16BN3O2.C12H17ClFN3O2.C8H9ClN2O2.C7H5Cl2NO2.C7H7ClN2O2.C5H12FNO.CH5N.CH4.BH.ClH.HI.Li.H2O.U/c1-20(2,29)18(21)11-25-19(28)14-10-24-16(7-15(14)23-3)17-5-4-13-6-12(8-22)9-26-27(13)17;1-13(2)14(3,4)20-15(19-13)12-6-5-11-7-10(8-16)9-17-18(11)12;1-12(2,19)9(14)6-17-11(18)7-5-16-10(13)4-8(7)15-3;1-10-6-3-7(9)11-4-5(6)8(12)13-2;1-12-7(11)4-3-10-6(9)2-5(4)8;1-9-5-2-6(8)10-3-4(5)7(11)12;1-5(2,8)4(6)3-7;1-2;;;;;;;/h4-7,9-10,18,29H,11H2,1-3H3,(H,23,24)(H,25,28);5-7,9H,1-4H3;4-5,9,19H,6H2,1-3H3,(H,15,16)(H,17,18);3-4H,1-2H3,(H,10,11);2-3H,1H3;2-3H,1H3,(H,9,10)(H,11,12);4,8H,3,7H2,1-2H3;2H2,1H3;1H4;3*1H;;1H2;/q;;;;;;;;;;;;+1;;/p-2/t18-;;9-;;;;4-;;;;;;;;/m1.1...1......../s1/i;;;;;;;;;1D;;;;;. The number of carboxylic acid groups (broad SMARTS) is 1. The van der Waals surface area contributed by atoms with Gasteiger partial charge in [-0.15, -0.1) is 12.4 Å². The maximum atomic E-state index is 13.9. The molecule has 33 nitrogen and oxygen atoms in total. The Kier molecular flexibility index (Phi) is 56.5. The molecule has 0 bridgehead atoms. The average molecular weight is 2150 g/mol. The third kappa shape index (κ3) is 36.9. The summed E-state index contributed by atoms with van der Waals surface area (Å²) in [7, 11) is 14.0. The molecule has 9 aromatic heterocycles. The van der Waals surface area contributed by atoms with Gasteiger partial charge >= 0.3 is 43.9 Å². The van der Waals surface area contributed by atoms with Crippen LogP contribution in [0.5, 0.6) is 0 Å². The maximum Gasteiger partial charge on any atom is 1.00 e. The number of aliphatic hydroxyl groups is 3. The fourth-order valence-corrected chi connectivity index (χ4v) is 9.92. The summed E-state index contributed by atoms with van der Waals surface area (Å²) in [5.74, 6) is -2.97. The Bertz CT molecular complexity index is 4900. The minimum atomic E-state index is -1.60. The maximum absolute atomic E-state index is 13.9. The van der Waals surface area contributed by atoms with Gasteiger partial charge in [-0.05, 0) is 144 Å². The monoisotopic (exact) mass is 2150 g/mol. The molecular formula is C75H99B2Cl6F3ILiN19O14U-. The van der Waals surface area contributed by atoms with Crippen LogP contribution in [-0.4, -0.2) is 232 Å². The fraction of sp³-hybridized carbons (Fsp3) is 0.387. The van der Waals surface area contributed by atoms with Gasteiger partial charge in [-0.25, -0.2) is 56.5 Å². The van der Waals surface area contributed by atoms with E-state index in [-0.39, 0.29) is 173 Å². The molecule has 47 heteroatoms. The number of carbonyl (C=O) groups excluding carboxylic acids is 4. The van der Waals surface area contributed by atoms with Crippen molar-refractivity contribution in [2.75, 3.05) is 90.4 Å². The number of alkyl halides is 3. The number of nitrogens with zero attached hydrogens (tertiary/aromatic N) is 11. The summed E-state index contributed by atoms with van der Waals surface area (Å²) in [6, 6.07) is 22.7. The van der Waals surface area contributed by atoms with E-state index in [9.17, 15) is 47.4 Å². The number of fused-ring (bicyclic) bond motifs is 2. The Morgan fingerprint density at radius 2 is 0.918 bits per heavy atom. The number of nitrogens with one attached hydrogen (secondary N) is 6. The molecular weight excluding hydrogens is 2050 g/mol. The number of anilines is 4. The number of hydrogen-bond acceptors (Lipinski definition) is 28. The number of rotatable bonds is 19. The molecule has 3 atom stereocenters. The van der Waals surface area contributed by atoms with Gasteiger partial charge in [0.05, 0.1) is 151 Å². The fourth-order valence-electron chi connectivity index (χ4n) is 9.01. The van der Waals surface area contributed by atoms with Crippen molar-refractivity contribution >= 4 is 155 Å². The van der Waals surface area contributed by atoms with E-state index in [1.165, 1.54) is 118 Å². The number of nitriles is 2. The quantitative estimate of drug-likeness (QED) is 0.0232. The molecule has 2 radical (unpaired) electrons. The second kappa shape index (κ2) is 57.1. The van der Waals surface area contributed by atoms with Crippen LogP contribution in [-0.2, 0) is 18.8 Å². The summed E-state index contributed by atoms with van der Waals surface area (Å²) in [4.78, 5) is 76.3. The third-order valence-corrected chi connectivity index (χ3v) is 17.5. The molecule has 660 valence electrons. The van der Waals surface area contributed by atoms with Gasteiger partial charge in [0.2, 0.25) is 0 Å². The van der Waals surface area contributed by atoms with Crippen LogP contribution >= 0.6 is 70.4 Å². The summed E-state index contributed by atoms with van der Waals surface area (Å²) in [5.41, 5.74) is 12.3. The van der Waals surface area contributed by atoms with E-state index in [0.29, 0.717) is 56.0 Å². The van der Waals surface area contributed by atoms with E-state index >= 15 is 0 Å². The number of ether oxygens (including phenoxy) is 2. The van der Waals surface area contributed by atoms with Crippen LogP contribution in [0.3, 0.4) is 0 Å². The van der Waals surface area contributed by atoms with Crippen LogP contribution in [0, 0.1) is 53.8 Å². The van der Waals surface area contributed by atoms with Crippen molar-refractivity contribution in [1.29, 1.82) is 11.9 Å². The molecule has 15 N–H and O–H groups in total. The average Bonchev–Trinajstić information content (AvgIpc) is 1.61. The van der Waals surface area contributed by atoms with Gasteiger partial charge in [0.1, 0.15) is 62.4 Å². The number of amides is 2. The topological polar surface area (TPSA) is 504 Å². The van der Waals surface area contributed by atoms with Gasteiger partial charge in [0.15, 0.2) is 0 Å². The Balaban J connectivity index is -0.000000448. The van der Waals surface area contributed by atoms with E-state index in [4.69, 9.17) is 95.1 Å². The zero-order chi connectivity index (χ0) is 89.3. The first kappa shape index (κ1) is 121. The van der Waals surface area contributed by atoms with Gasteiger partial charge in [0.25, 0.3) is 11.8 Å². The molecule has 0 saturated carbocycles. The molecule has 1 aliphatic heterocycles. The summed E-state index contributed by atoms with van der Waals surface area (Å²) in [6.07, 6.45) is 5.10. The van der Waals surface area contributed by atoms with Crippen LogP contribution in [0.15, 0.2) is 110 Å². The van der Waals surface area contributed by atoms with E-state index in [2.05, 4.69) is 96.7 Å². The minimum absolute atomic E-state index is 0. The van der Waals surface area contributed by atoms with Crippen molar-refractivity contribution in [2.24, 2.45) is 11.5 Å². The molecule has 0 aliphatic carbocycles.